The Hall–Kier alpha value is -2.49. The van der Waals surface area contributed by atoms with Crippen molar-refractivity contribution < 1.29 is 27.8 Å². The van der Waals surface area contributed by atoms with Crippen LogP contribution in [0.4, 0.5) is 13.2 Å². The van der Waals surface area contributed by atoms with Crippen molar-refractivity contribution >= 4 is 5.84 Å². The molecule has 26 heavy (non-hydrogen) atoms. The van der Waals surface area contributed by atoms with Crippen LogP contribution in [0.1, 0.15) is 29.2 Å². The van der Waals surface area contributed by atoms with Crippen LogP contribution in [-0.4, -0.2) is 35.7 Å². The van der Waals surface area contributed by atoms with Crippen LogP contribution in [0, 0.1) is 22.9 Å². The number of hydrogen-bond donors (Lipinski definition) is 3. The predicted octanol–water partition coefficient (Wildman–Crippen LogP) is 2.19. The Morgan fingerprint density at radius 2 is 1.96 bits per heavy atom. The maximum absolute atomic E-state index is 14.1. The van der Waals surface area contributed by atoms with E-state index < -0.39 is 41.2 Å². The van der Waals surface area contributed by atoms with Gasteiger partial charge in [-0.05, 0) is 18.2 Å². The summed E-state index contributed by atoms with van der Waals surface area (Å²) < 4.78 is 52.2. The van der Waals surface area contributed by atoms with Crippen molar-refractivity contribution in [3.63, 3.8) is 0 Å². The van der Waals surface area contributed by atoms with Gasteiger partial charge in [-0.15, -0.1) is 0 Å². The van der Waals surface area contributed by atoms with E-state index in [1.54, 1.807) is 18.2 Å². The van der Waals surface area contributed by atoms with E-state index in [1.807, 2.05) is 0 Å². The first-order valence-electron chi connectivity index (χ1n) is 7.81. The van der Waals surface area contributed by atoms with Gasteiger partial charge in [-0.25, -0.2) is 13.2 Å². The molecule has 6 nitrogen and oxygen atoms in total. The molecule has 0 spiro atoms. The SMILES string of the molecule is N=C(NCC(O)c1ccccn1)c1cc(C2OCCO2)c(F)c(F)c1F. The lowest BCUT2D eigenvalue weighted by atomic mass is 10.1. The molecule has 3 N–H and O–H groups in total. The van der Waals surface area contributed by atoms with Crippen LogP contribution < -0.4 is 5.32 Å². The molecule has 3 rings (SSSR count). The Morgan fingerprint density at radius 3 is 2.62 bits per heavy atom. The van der Waals surface area contributed by atoms with Crippen molar-refractivity contribution in [3.8, 4) is 0 Å². The van der Waals surface area contributed by atoms with Gasteiger partial charge in [-0.1, -0.05) is 6.07 Å². The molecule has 2 heterocycles. The van der Waals surface area contributed by atoms with E-state index in [9.17, 15) is 18.3 Å². The minimum absolute atomic E-state index is 0.167. The van der Waals surface area contributed by atoms with E-state index in [4.69, 9.17) is 14.9 Å². The van der Waals surface area contributed by atoms with E-state index in [1.165, 1.54) is 6.20 Å². The van der Waals surface area contributed by atoms with Gasteiger partial charge in [0.2, 0.25) is 0 Å². The predicted molar refractivity (Wildman–Crippen MR) is 85.0 cm³/mol. The molecular weight excluding hydrogens is 351 g/mol. The number of aromatic nitrogens is 1. The van der Waals surface area contributed by atoms with Gasteiger partial charge in [0.25, 0.3) is 0 Å². The quantitative estimate of drug-likeness (QED) is 0.428. The third kappa shape index (κ3) is 3.69. The van der Waals surface area contributed by atoms with E-state index in [-0.39, 0.29) is 25.3 Å². The lowest BCUT2D eigenvalue weighted by Crippen LogP contribution is -2.30. The second-order valence-corrected chi connectivity index (χ2v) is 5.56. The third-order valence-electron chi connectivity index (χ3n) is 3.82. The van der Waals surface area contributed by atoms with Crippen LogP contribution >= 0.6 is 0 Å². The first-order valence-corrected chi connectivity index (χ1v) is 7.81. The Balaban J connectivity index is 1.78. The molecule has 1 atom stereocenters. The van der Waals surface area contributed by atoms with Gasteiger partial charge in [0.1, 0.15) is 11.9 Å². The maximum Gasteiger partial charge on any atom is 0.195 e. The van der Waals surface area contributed by atoms with Crippen molar-refractivity contribution in [2.75, 3.05) is 19.8 Å². The zero-order valence-electron chi connectivity index (χ0n) is 13.5. The summed E-state index contributed by atoms with van der Waals surface area (Å²) in [6.45, 7) is 0.231. The summed E-state index contributed by atoms with van der Waals surface area (Å²) in [4.78, 5) is 3.96. The highest BCUT2D eigenvalue weighted by atomic mass is 19.2. The van der Waals surface area contributed by atoms with E-state index in [0.717, 1.165) is 6.07 Å². The molecule has 1 aromatic carbocycles. The smallest absolute Gasteiger partial charge is 0.195 e. The normalized spacial score (nSPS) is 15.8. The van der Waals surface area contributed by atoms with Crippen LogP contribution in [0.2, 0.25) is 0 Å². The molecule has 0 aliphatic carbocycles. The van der Waals surface area contributed by atoms with Gasteiger partial charge in [0, 0.05) is 18.3 Å². The Kier molecular flexibility index (Phi) is 5.50. The minimum Gasteiger partial charge on any atom is -0.385 e. The summed E-state index contributed by atoms with van der Waals surface area (Å²) in [5.41, 5.74) is -0.466. The molecule has 0 radical (unpaired) electrons. The number of nitrogens with one attached hydrogen (secondary N) is 2. The number of rotatable bonds is 5. The topological polar surface area (TPSA) is 87.5 Å². The lowest BCUT2D eigenvalue weighted by Gasteiger charge is -2.16. The highest BCUT2D eigenvalue weighted by Gasteiger charge is 2.28. The third-order valence-corrected chi connectivity index (χ3v) is 3.82. The highest BCUT2D eigenvalue weighted by Crippen LogP contribution is 2.29. The number of hydrogen-bond acceptors (Lipinski definition) is 5. The summed E-state index contributed by atoms with van der Waals surface area (Å²) >= 11 is 0. The molecule has 1 saturated heterocycles. The summed E-state index contributed by atoms with van der Waals surface area (Å²) in [7, 11) is 0. The fraction of sp³-hybridized carbons (Fsp3) is 0.294. The zero-order valence-corrected chi connectivity index (χ0v) is 13.5. The van der Waals surface area contributed by atoms with Gasteiger partial charge >= 0.3 is 0 Å². The van der Waals surface area contributed by atoms with E-state index in [2.05, 4.69) is 10.3 Å². The second-order valence-electron chi connectivity index (χ2n) is 5.56. The van der Waals surface area contributed by atoms with Gasteiger partial charge < -0.3 is 19.9 Å². The number of aliphatic hydroxyl groups excluding tert-OH is 1. The average Bonchev–Trinajstić information content (AvgIpc) is 3.19. The number of aliphatic hydroxyl groups is 1. The molecule has 2 aromatic rings. The highest BCUT2D eigenvalue weighted by molar-refractivity contribution is 5.96. The van der Waals surface area contributed by atoms with Gasteiger partial charge in [-0.3, -0.25) is 10.4 Å². The van der Waals surface area contributed by atoms with Crippen LogP contribution in [-0.2, 0) is 9.47 Å². The van der Waals surface area contributed by atoms with Gasteiger partial charge in [0.05, 0.1) is 24.5 Å². The maximum atomic E-state index is 14.1. The Morgan fingerprint density at radius 1 is 1.23 bits per heavy atom. The Labute approximate surface area is 147 Å². The fourth-order valence-electron chi connectivity index (χ4n) is 2.49. The molecule has 1 aliphatic rings. The first kappa shape index (κ1) is 18.3. The van der Waals surface area contributed by atoms with Crippen molar-refractivity contribution in [1.29, 1.82) is 5.41 Å². The number of halogens is 3. The molecule has 138 valence electrons. The molecule has 1 aromatic heterocycles. The van der Waals surface area contributed by atoms with Crippen molar-refractivity contribution in [3.05, 3.63) is 64.7 Å². The summed E-state index contributed by atoms with van der Waals surface area (Å²) in [6.07, 6.45) is -0.728. The van der Waals surface area contributed by atoms with Crippen molar-refractivity contribution in [2.24, 2.45) is 0 Å². The molecule has 1 aliphatic heterocycles. The standard InChI is InChI=1S/C17H16F3N3O3/c18-13-9(7-10(14(19)15(13)20)17-25-5-6-26-17)16(21)23-8-12(24)11-3-1-2-4-22-11/h1-4,7,12,17,24H,5-6,8H2,(H2,21,23). The monoisotopic (exact) mass is 367 g/mol. The molecule has 0 saturated carbocycles. The molecule has 9 heteroatoms. The lowest BCUT2D eigenvalue weighted by molar-refractivity contribution is -0.0469. The molecular formula is C17H16F3N3O3. The van der Waals surface area contributed by atoms with E-state index in [0.29, 0.717) is 5.69 Å². The summed E-state index contributed by atoms with van der Waals surface area (Å²) in [5.74, 6) is -5.16. The molecule has 1 fully saturated rings. The average molecular weight is 367 g/mol. The van der Waals surface area contributed by atoms with Crippen LogP contribution in [0.15, 0.2) is 30.5 Å². The molecule has 0 bridgehead atoms. The van der Waals surface area contributed by atoms with Gasteiger partial charge in [-0.2, -0.15) is 0 Å². The van der Waals surface area contributed by atoms with Crippen LogP contribution in [0.3, 0.4) is 0 Å². The molecule has 0 amide bonds. The fourth-order valence-corrected chi connectivity index (χ4v) is 2.49. The van der Waals surface area contributed by atoms with Crippen molar-refractivity contribution in [2.45, 2.75) is 12.4 Å². The number of amidine groups is 1. The second kappa shape index (κ2) is 7.81. The van der Waals surface area contributed by atoms with Crippen LogP contribution in [0.5, 0.6) is 0 Å². The van der Waals surface area contributed by atoms with Crippen LogP contribution in [0.25, 0.3) is 0 Å². The zero-order chi connectivity index (χ0) is 18.7. The van der Waals surface area contributed by atoms with E-state index >= 15 is 0 Å². The number of benzene rings is 1. The minimum atomic E-state index is -1.71. The number of nitrogens with zero attached hydrogens (tertiary/aromatic N) is 1. The van der Waals surface area contributed by atoms with Gasteiger partial charge in [0.15, 0.2) is 23.7 Å². The summed E-state index contributed by atoms with van der Waals surface area (Å²) in [6, 6.07) is 5.91. The van der Waals surface area contributed by atoms with Crippen molar-refractivity contribution in [1.82, 2.24) is 10.3 Å². The largest absolute Gasteiger partial charge is 0.385 e. The number of pyridine rings is 1. The summed E-state index contributed by atoms with van der Waals surface area (Å²) in [5, 5.41) is 20.4. The number of ether oxygens (including phenoxy) is 2. The first-order chi connectivity index (χ1) is 12.5. The Bertz CT molecular complexity index is 799. The molecule has 1 unspecified atom stereocenters.